The number of aromatic nitrogens is 4. The fourth-order valence-corrected chi connectivity index (χ4v) is 3.53. The molecule has 0 saturated heterocycles. The summed E-state index contributed by atoms with van der Waals surface area (Å²) in [7, 11) is 4.24. The molecule has 32 heavy (non-hydrogen) atoms. The fraction of sp³-hybridized carbons (Fsp3) is 0.182. The maximum atomic E-state index is 13.0. The molecule has 0 atom stereocenters. The molecule has 2 aromatic carbocycles. The standard InChI is InChI=1S/C22H19ClN4O5/c1-25-18-17(19(28)26(2)22(25)30)27(12-14-6-4-5-7-16(14)23)21(24-18)32-15-10-8-13(9-11-15)20(29)31-3/h4-11H,12H2,1-3H3. The van der Waals surface area contributed by atoms with Gasteiger partial charge in [-0.25, -0.2) is 9.59 Å². The Kier molecular flexibility index (Phi) is 5.58. The molecule has 0 amide bonds. The van der Waals surface area contributed by atoms with Crippen molar-refractivity contribution in [3.63, 3.8) is 0 Å². The third-order valence-corrected chi connectivity index (χ3v) is 5.45. The van der Waals surface area contributed by atoms with E-state index in [9.17, 15) is 14.4 Å². The molecule has 164 valence electrons. The van der Waals surface area contributed by atoms with Gasteiger partial charge in [0, 0.05) is 19.1 Å². The van der Waals surface area contributed by atoms with Gasteiger partial charge in [-0.1, -0.05) is 29.8 Å². The van der Waals surface area contributed by atoms with Crippen molar-refractivity contribution in [3.8, 4) is 11.8 Å². The number of aryl methyl sites for hydroxylation is 1. The number of imidazole rings is 1. The van der Waals surface area contributed by atoms with Crippen LogP contribution >= 0.6 is 11.6 Å². The Morgan fingerprint density at radius 3 is 2.38 bits per heavy atom. The maximum Gasteiger partial charge on any atom is 0.337 e. The van der Waals surface area contributed by atoms with Gasteiger partial charge in [-0.05, 0) is 35.9 Å². The van der Waals surface area contributed by atoms with Gasteiger partial charge in [0.1, 0.15) is 5.75 Å². The van der Waals surface area contributed by atoms with Crippen molar-refractivity contribution < 1.29 is 14.3 Å². The Bertz CT molecular complexity index is 1450. The van der Waals surface area contributed by atoms with Crippen LogP contribution in [0.1, 0.15) is 15.9 Å². The van der Waals surface area contributed by atoms with Crippen molar-refractivity contribution in [1.29, 1.82) is 0 Å². The van der Waals surface area contributed by atoms with E-state index < -0.39 is 17.2 Å². The highest BCUT2D eigenvalue weighted by atomic mass is 35.5. The first-order valence-corrected chi connectivity index (χ1v) is 9.95. The van der Waals surface area contributed by atoms with Crippen LogP contribution in [-0.4, -0.2) is 31.8 Å². The van der Waals surface area contributed by atoms with E-state index in [1.807, 2.05) is 12.1 Å². The smallest absolute Gasteiger partial charge is 0.337 e. The van der Waals surface area contributed by atoms with Crippen LogP contribution in [0, 0.1) is 0 Å². The number of methoxy groups -OCH3 is 1. The fourth-order valence-electron chi connectivity index (χ4n) is 3.33. The average Bonchev–Trinajstić information content (AvgIpc) is 3.15. The highest BCUT2D eigenvalue weighted by Gasteiger charge is 2.21. The summed E-state index contributed by atoms with van der Waals surface area (Å²) in [6.45, 7) is 0.194. The van der Waals surface area contributed by atoms with Crippen molar-refractivity contribution in [2.75, 3.05) is 7.11 Å². The van der Waals surface area contributed by atoms with Crippen LogP contribution in [-0.2, 0) is 25.4 Å². The van der Waals surface area contributed by atoms with Crippen molar-refractivity contribution >= 4 is 28.7 Å². The summed E-state index contributed by atoms with van der Waals surface area (Å²) in [4.78, 5) is 41.5. The molecule has 0 fully saturated rings. The van der Waals surface area contributed by atoms with Gasteiger partial charge in [0.25, 0.3) is 5.56 Å². The number of hydrogen-bond donors (Lipinski definition) is 0. The molecule has 0 aliphatic heterocycles. The second-order valence-corrected chi connectivity index (χ2v) is 7.48. The first-order valence-electron chi connectivity index (χ1n) is 9.57. The number of nitrogens with zero attached hydrogens (tertiary/aromatic N) is 4. The lowest BCUT2D eigenvalue weighted by Gasteiger charge is -2.11. The summed E-state index contributed by atoms with van der Waals surface area (Å²) in [5, 5.41) is 0.518. The molecule has 0 N–H and O–H groups in total. The summed E-state index contributed by atoms with van der Waals surface area (Å²) in [5.41, 5.74) is 0.496. The number of carbonyl (C=O) groups is 1. The minimum absolute atomic E-state index is 0.101. The first-order chi connectivity index (χ1) is 15.3. The van der Waals surface area contributed by atoms with Gasteiger partial charge in [-0.2, -0.15) is 4.98 Å². The number of fused-ring (bicyclic) bond motifs is 1. The first kappa shape index (κ1) is 21.4. The molecule has 0 radical (unpaired) electrons. The minimum atomic E-state index is -0.501. The largest absolute Gasteiger partial charge is 0.465 e. The lowest BCUT2D eigenvalue weighted by atomic mass is 10.2. The SMILES string of the molecule is COC(=O)c1ccc(Oc2nc3c(c(=O)n(C)c(=O)n3C)n2Cc2ccccc2Cl)cc1. The number of benzene rings is 2. The Morgan fingerprint density at radius 1 is 1.03 bits per heavy atom. The Morgan fingerprint density at radius 2 is 1.72 bits per heavy atom. The molecule has 0 aliphatic carbocycles. The molecule has 0 bridgehead atoms. The second kappa shape index (κ2) is 8.35. The normalized spacial score (nSPS) is 11.0. The topological polar surface area (TPSA) is 97.4 Å². The number of ether oxygens (including phenoxy) is 2. The molecular formula is C22H19ClN4O5. The van der Waals surface area contributed by atoms with Crippen LogP contribution in [0.5, 0.6) is 11.8 Å². The van der Waals surface area contributed by atoms with Gasteiger partial charge in [0.15, 0.2) is 11.2 Å². The summed E-state index contributed by atoms with van der Waals surface area (Å²) in [5.74, 6) is -0.0869. The van der Waals surface area contributed by atoms with Gasteiger partial charge in [-0.3, -0.25) is 18.5 Å². The van der Waals surface area contributed by atoms with E-state index >= 15 is 0 Å². The van der Waals surface area contributed by atoms with Crippen LogP contribution in [0.25, 0.3) is 11.2 Å². The van der Waals surface area contributed by atoms with E-state index in [1.54, 1.807) is 41.0 Å². The number of hydrogen-bond acceptors (Lipinski definition) is 6. The predicted molar refractivity (Wildman–Crippen MR) is 119 cm³/mol. The monoisotopic (exact) mass is 454 g/mol. The van der Waals surface area contributed by atoms with Crippen molar-refractivity contribution in [2.45, 2.75) is 6.54 Å². The van der Waals surface area contributed by atoms with Crippen LogP contribution in [0.3, 0.4) is 0 Å². The average molecular weight is 455 g/mol. The van der Waals surface area contributed by atoms with Gasteiger partial charge in [-0.15, -0.1) is 0 Å². The summed E-state index contributed by atoms with van der Waals surface area (Å²) in [6, 6.07) is 13.6. The molecule has 0 unspecified atom stereocenters. The Balaban J connectivity index is 1.87. The van der Waals surface area contributed by atoms with Gasteiger partial charge >= 0.3 is 17.7 Å². The molecule has 2 heterocycles. The van der Waals surface area contributed by atoms with Crippen LogP contribution in [0.15, 0.2) is 58.1 Å². The predicted octanol–water partition coefficient (Wildman–Crippen LogP) is 2.71. The molecule has 4 aromatic rings. The summed E-state index contributed by atoms with van der Waals surface area (Å²) < 4.78 is 14.5. The van der Waals surface area contributed by atoms with Gasteiger partial charge in [0.2, 0.25) is 0 Å². The van der Waals surface area contributed by atoms with E-state index in [0.29, 0.717) is 16.3 Å². The lowest BCUT2D eigenvalue weighted by molar-refractivity contribution is 0.0600. The lowest BCUT2D eigenvalue weighted by Crippen LogP contribution is -2.37. The zero-order valence-corrected chi connectivity index (χ0v) is 18.3. The zero-order chi connectivity index (χ0) is 23.0. The quantitative estimate of drug-likeness (QED) is 0.430. The van der Waals surface area contributed by atoms with Gasteiger partial charge < -0.3 is 9.47 Å². The molecule has 4 rings (SSSR count). The van der Waals surface area contributed by atoms with Crippen LogP contribution in [0.2, 0.25) is 5.02 Å². The van der Waals surface area contributed by atoms with E-state index in [0.717, 1.165) is 10.1 Å². The van der Waals surface area contributed by atoms with E-state index in [2.05, 4.69) is 4.98 Å². The summed E-state index contributed by atoms with van der Waals surface area (Å²) in [6.07, 6.45) is 0. The van der Waals surface area contributed by atoms with Crippen LogP contribution < -0.4 is 16.0 Å². The number of carbonyl (C=O) groups excluding carboxylic acids is 1. The molecular weight excluding hydrogens is 436 g/mol. The maximum absolute atomic E-state index is 13.0. The van der Waals surface area contributed by atoms with Crippen LogP contribution in [0.4, 0.5) is 0 Å². The molecule has 9 nitrogen and oxygen atoms in total. The van der Waals surface area contributed by atoms with Crippen molar-refractivity contribution in [3.05, 3.63) is 85.5 Å². The highest BCUT2D eigenvalue weighted by Crippen LogP contribution is 2.27. The van der Waals surface area contributed by atoms with Crippen molar-refractivity contribution in [1.82, 2.24) is 18.7 Å². The van der Waals surface area contributed by atoms with E-state index in [4.69, 9.17) is 21.1 Å². The Labute approximate surface area is 187 Å². The van der Waals surface area contributed by atoms with E-state index in [1.165, 1.54) is 25.8 Å². The molecule has 0 spiro atoms. The number of halogens is 1. The minimum Gasteiger partial charge on any atom is -0.465 e. The van der Waals surface area contributed by atoms with Gasteiger partial charge in [0.05, 0.1) is 19.2 Å². The third kappa shape index (κ3) is 3.67. The van der Waals surface area contributed by atoms with E-state index in [-0.39, 0.29) is 23.7 Å². The molecule has 2 aromatic heterocycles. The summed E-state index contributed by atoms with van der Waals surface area (Å²) >= 11 is 6.34. The molecule has 0 aliphatic rings. The third-order valence-electron chi connectivity index (χ3n) is 5.08. The highest BCUT2D eigenvalue weighted by molar-refractivity contribution is 6.31. The number of esters is 1. The molecule has 10 heteroatoms. The second-order valence-electron chi connectivity index (χ2n) is 7.07. The Hall–Kier alpha value is -3.85. The molecule has 0 saturated carbocycles. The zero-order valence-electron chi connectivity index (χ0n) is 17.5. The van der Waals surface area contributed by atoms with Crippen molar-refractivity contribution in [2.24, 2.45) is 14.1 Å². The number of rotatable bonds is 5.